The molecule has 0 bridgehead atoms. The van der Waals surface area contributed by atoms with Gasteiger partial charge in [-0.1, -0.05) is 48.9 Å². The number of carbonyl (C=O) groups is 1. The number of hydrogen-bond donors (Lipinski definition) is 1. The zero-order valence-corrected chi connectivity index (χ0v) is 19.0. The van der Waals surface area contributed by atoms with Gasteiger partial charge in [0.1, 0.15) is 12.4 Å². The van der Waals surface area contributed by atoms with Crippen LogP contribution in [0.15, 0.2) is 60.7 Å². The maximum Gasteiger partial charge on any atom is 0.257 e. The van der Waals surface area contributed by atoms with Crippen molar-refractivity contribution in [1.82, 2.24) is 15.1 Å². The van der Waals surface area contributed by atoms with Gasteiger partial charge >= 0.3 is 0 Å². The number of nitrogens with one attached hydrogen (secondary N) is 1. The molecule has 3 rings (SSSR count). The lowest BCUT2D eigenvalue weighted by molar-refractivity contribution is 0.0781. The lowest BCUT2D eigenvalue weighted by Crippen LogP contribution is -2.28. The summed E-state index contributed by atoms with van der Waals surface area (Å²) in [7, 11) is 1.85. The Labute approximate surface area is 190 Å². The summed E-state index contributed by atoms with van der Waals surface area (Å²) in [4.78, 5) is 14.7. The molecule has 1 aromatic heterocycles. The molecule has 1 amide bonds. The van der Waals surface area contributed by atoms with E-state index in [2.05, 4.69) is 28.4 Å². The zero-order valence-electron chi connectivity index (χ0n) is 19.0. The van der Waals surface area contributed by atoms with Crippen LogP contribution >= 0.6 is 0 Å². The molecule has 0 aliphatic carbocycles. The van der Waals surface area contributed by atoms with E-state index < -0.39 is 0 Å². The molecule has 0 atom stereocenters. The van der Waals surface area contributed by atoms with E-state index in [4.69, 9.17) is 9.47 Å². The van der Waals surface area contributed by atoms with Crippen LogP contribution in [-0.4, -0.2) is 54.4 Å². The topological polar surface area (TPSA) is 67.5 Å². The summed E-state index contributed by atoms with van der Waals surface area (Å²) in [6, 6.07) is 19.7. The van der Waals surface area contributed by atoms with Gasteiger partial charge in [0.05, 0.1) is 17.9 Å². The number of H-pyrrole nitrogens is 1. The Morgan fingerprint density at radius 2 is 1.78 bits per heavy atom. The van der Waals surface area contributed by atoms with Gasteiger partial charge in [-0.25, -0.2) is 0 Å². The van der Waals surface area contributed by atoms with Crippen LogP contribution in [0, 0.1) is 0 Å². The smallest absolute Gasteiger partial charge is 0.257 e. The first-order valence-corrected chi connectivity index (χ1v) is 11.3. The van der Waals surface area contributed by atoms with Gasteiger partial charge in [0.2, 0.25) is 0 Å². The second-order valence-corrected chi connectivity index (χ2v) is 7.72. The molecule has 1 heterocycles. The van der Waals surface area contributed by atoms with E-state index in [0.29, 0.717) is 37.7 Å². The van der Waals surface area contributed by atoms with Crippen molar-refractivity contribution < 1.29 is 14.3 Å². The van der Waals surface area contributed by atoms with E-state index in [-0.39, 0.29) is 5.91 Å². The molecule has 0 aliphatic heterocycles. The SMILES string of the molecule is CCOCCOc1ccccc1C(=O)N(C)CCCCCc1cc(-c2ccccc2)n[nH]1. The number of nitrogens with zero attached hydrogens (tertiary/aromatic N) is 2. The molecule has 0 aliphatic rings. The summed E-state index contributed by atoms with van der Waals surface area (Å²) in [6.07, 6.45) is 4.00. The van der Waals surface area contributed by atoms with Crippen molar-refractivity contribution in [3.8, 4) is 17.0 Å². The second-order valence-electron chi connectivity index (χ2n) is 7.72. The normalized spacial score (nSPS) is 10.8. The third-order valence-electron chi connectivity index (χ3n) is 5.29. The highest BCUT2D eigenvalue weighted by molar-refractivity contribution is 5.96. The third-order valence-corrected chi connectivity index (χ3v) is 5.29. The molecule has 0 spiro atoms. The Morgan fingerprint density at radius 1 is 1.00 bits per heavy atom. The summed E-state index contributed by atoms with van der Waals surface area (Å²) < 4.78 is 11.1. The molecule has 0 saturated heterocycles. The van der Waals surface area contributed by atoms with Crippen LogP contribution in [0.4, 0.5) is 0 Å². The monoisotopic (exact) mass is 435 g/mol. The van der Waals surface area contributed by atoms with Crippen LogP contribution in [0.2, 0.25) is 0 Å². The second kappa shape index (κ2) is 12.7. The van der Waals surface area contributed by atoms with Crippen molar-refractivity contribution in [1.29, 1.82) is 0 Å². The first-order valence-electron chi connectivity index (χ1n) is 11.3. The highest BCUT2D eigenvalue weighted by atomic mass is 16.5. The number of carbonyl (C=O) groups excluding carboxylic acids is 1. The summed E-state index contributed by atoms with van der Waals surface area (Å²) in [5.41, 5.74) is 3.84. The van der Waals surface area contributed by atoms with Crippen LogP contribution in [0.25, 0.3) is 11.3 Å². The number of hydrogen-bond acceptors (Lipinski definition) is 4. The minimum absolute atomic E-state index is 0.0157. The number of para-hydroxylation sites is 1. The van der Waals surface area contributed by atoms with Gasteiger partial charge in [0.15, 0.2) is 0 Å². The van der Waals surface area contributed by atoms with Crippen molar-refractivity contribution in [2.45, 2.75) is 32.6 Å². The van der Waals surface area contributed by atoms with Crippen molar-refractivity contribution in [2.24, 2.45) is 0 Å². The van der Waals surface area contributed by atoms with Crippen molar-refractivity contribution >= 4 is 5.91 Å². The van der Waals surface area contributed by atoms with Crippen LogP contribution in [0.5, 0.6) is 5.75 Å². The highest BCUT2D eigenvalue weighted by Crippen LogP contribution is 2.20. The molecule has 2 aromatic carbocycles. The largest absolute Gasteiger partial charge is 0.490 e. The predicted octanol–water partition coefficient (Wildman–Crippen LogP) is 4.98. The Bertz CT molecular complexity index is 956. The molecular weight excluding hydrogens is 402 g/mol. The van der Waals surface area contributed by atoms with E-state index >= 15 is 0 Å². The minimum Gasteiger partial charge on any atom is -0.490 e. The standard InChI is InChI=1S/C26H33N3O3/c1-3-31-18-19-32-25-16-10-9-15-23(25)26(30)29(2)17-11-5-8-14-22-20-24(28-27-22)21-12-6-4-7-13-21/h4,6-7,9-10,12-13,15-16,20H,3,5,8,11,14,17-19H2,1-2H3,(H,27,28). The number of aromatic amines is 1. The number of unbranched alkanes of at least 4 members (excludes halogenated alkanes) is 2. The summed E-state index contributed by atoms with van der Waals surface area (Å²) in [5, 5.41) is 7.55. The Balaban J connectivity index is 1.40. The van der Waals surface area contributed by atoms with Gasteiger partial charge in [-0.2, -0.15) is 5.10 Å². The lowest BCUT2D eigenvalue weighted by Gasteiger charge is -2.19. The van der Waals surface area contributed by atoms with Gasteiger partial charge in [-0.3, -0.25) is 9.89 Å². The fraction of sp³-hybridized carbons (Fsp3) is 0.385. The van der Waals surface area contributed by atoms with E-state index in [1.807, 2.05) is 56.4 Å². The van der Waals surface area contributed by atoms with Gasteiger partial charge in [0.25, 0.3) is 5.91 Å². The Morgan fingerprint density at radius 3 is 2.59 bits per heavy atom. The molecule has 32 heavy (non-hydrogen) atoms. The summed E-state index contributed by atoms with van der Waals surface area (Å²) >= 11 is 0. The van der Waals surface area contributed by atoms with Crippen LogP contribution in [-0.2, 0) is 11.2 Å². The van der Waals surface area contributed by atoms with E-state index in [9.17, 15) is 4.79 Å². The molecule has 0 unspecified atom stereocenters. The minimum atomic E-state index is -0.0157. The van der Waals surface area contributed by atoms with E-state index in [0.717, 1.165) is 42.6 Å². The fourth-order valence-corrected chi connectivity index (χ4v) is 3.52. The van der Waals surface area contributed by atoms with Crippen LogP contribution < -0.4 is 4.74 Å². The number of rotatable bonds is 13. The Kier molecular flexibility index (Phi) is 9.32. The number of ether oxygens (including phenoxy) is 2. The average molecular weight is 436 g/mol. The molecule has 0 radical (unpaired) electrons. The van der Waals surface area contributed by atoms with Gasteiger partial charge < -0.3 is 14.4 Å². The highest BCUT2D eigenvalue weighted by Gasteiger charge is 2.16. The molecule has 170 valence electrons. The molecule has 6 nitrogen and oxygen atoms in total. The maximum absolute atomic E-state index is 12.9. The summed E-state index contributed by atoms with van der Waals surface area (Å²) in [5.74, 6) is 0.593. The maximum atomic E-state index is 12.9. The first kappa shape index (κ1) is 23.5. The molecule has 0 saturated carbocycles. The average Bonchev–Trinajstić information content (AvgIpc) is 3.31. The molecular formula is C26H33N3O3. The van der Waals surface area contributed by atoms with Crippen LogP contribution in [0.3, 0.4) is 0 Å². The Hall–Kier alpha value is -3.12. The van der Waals surface area contributed by atoms with Crippen molar-refractivity contribution in [2.75, 3.05) is 33.4 Å². The molecule has 6 heteroatoms. The van der Waals surface area contributed by atoms with E-state index in [1.54, 1.807) is 4.90 Å². The first-order chi connectivity index (χ1) is 15.7. The summed E-state index contributed by atoms with van der Waals surface area (Å²) in [6.45, 7) is 4.26. The lowest BCUT2D eigenvalue weighted by atomic mass is 10.1. The fourth-order valence-electron chi connectivity index (χ4n) is 3.52. The number of aromatic nitrogens is 2. The zero-order chi connectivity index (χ0) is 22.6. The number of aryl methyl sites for hydroxylation is 1. The van der Waals surface area contributed by atoms with Gasteiger partial charge in [0, 0.05) is 31.5 Å². The third kappa shape index (κ3) is 6.95. The van der Waals surface area contributed by atoms with Crippen molar-refractivity contribution in [3.63, 3.8) is 0 Å². The predicted molar refractivity (Wildman–Crippen MR) is 127 cm³/mol. The molecule has 1 N–H and O–H groups in total. The van der Waals surface area contributed by atoms with Crippen LogP contribution in [0.1, 0.15) is 42.2 Å². The van der Waals surface area contributed by atoms with E-state index in [1.165, 1.54) is 0 Å². The number of benzene rings is 2. The molecule has 0 fully saturated rings. The molecule has 3 aromatic rings. The van der Waals surface area contributed by atoms with Crippen molar-refractivity contribution in [3.05, 3.63) is 71.9 Å². The number of amides is 1. The van der Waals surface area contributed by atoms with Gasteiger partial charge in [-0.15, -0.1) is 0 Å². The quantitative estimate of drug-likeness (QED) is 0.385. The van der Waals surface area contributed by atoms with Gasteiger partial charge in [-0.05, 0) is 44.4 Å².